The molecule has 1 amide bonds. The molecule has 1 aromatic heterocycles. The van der Waals surface area contributed by atoms with Gasteiger partial charge in [-0.25, -0.2) is 5.43 Å². The standard InChI is InChI=1S/C22H14Cl2N2O3/c23-14-6-9-19(24)18(11-14)20-10-7-15(29-20)12-25-26-22(28)17-8-5-13-3-1-2-4-16(13)21(17)27/h1-12,27H,(H,26,28)/b25-12-. The lowest BCUT2D eigenvalue weighted by Crippen LogP contribution is -2.17. The fraction of sp³-hybridized carbons (Fsp3) is 0. The van der Waals surface area contributed by atoms with Crippen LogP contribution in [-0.4, -0.2) is 17.2 Å². The molecule has 0 aliphatic rings. The summed E-state index contributed by atoms with van der Waals surface area (Å²) in [7, 11) is 0. The summed E-state index contributed by atoms with van der Waals surface area (Å²) in [6, 6.07) is 19.1. The normalized spacial score (nSPS) is 11.2. The van der Waals surface area contributed by atoms with E-state index in [0.29, 0.717) is 32.5 Å². The van der Waals surface area contributed by atoms with Gasteiger partial charge in [-0.15, -0.1) is 0 Å². The van der Waals surface area contributed by atoms with Crippen molar-refractivity contribution in [2.24, 2.45) is 5.10 Å². The number of amides is 1. The Morgan fingerprint density at radius 1 is 1.03 bits per heavy atom. The molecular weight excluding hydrogens is 411 g/mol. The highest BCUT2D eigenvalue weighted by Crippen LogP contribution is 2.31. The molecule has 4 rings (SSSR count). The van der Waals surface area contributed by atoms with E-state index in [1.165, 1.54) is 6.21 Å². The van der Waals surface area contributed by atoms with E-state index >= 15 is 0 Å². The molecule has 4 aromatic rings. The van der Waals surface area contributed by atoms with Crippen LogP contribution >= 0.6 is 23.2 Å². The number of nitrogens with zero attached hydrogens (tertiary/aromatic N) is 1. The molecule has 3 aromatic carbocycles. The number of hydrazone groups is 1. The van der Waals surface area contributed by atoms with E-state index in [1.807, 2.05) is 12.1 Å². The highest BCUT2D eigenvalue weighted by Gasteiger charge is 2.13. The number of furan rings is 1. The number of fused-ring (bicyclic) bond motifs is 1. The number of phenolic OH excluding ortho intramolecular Hbond substituents is 1. The second-order valence-electron chi connectivity index (χ2n) is 6.21. The lowest BCUT2D eigenvalue weighted by Gasteiger charge is -2.06. The maximum absolute atomic E-state index is 12.4. The van der Waals surface area contributed by atoms with E-state index in [2.05, 4.69) is 10.5 Å². The second-order valence-corrected chi connectivity index (χ2v) is 7.05. The first-order chi connectivity index (χ1) is 14.0. The molecule has 144 valence electrons. The summed E-state index contributed by atoms with van der Waals surface area (Å²) in [5.74, 6) is 0.317. The van der Waals surface area contributed by atoms with Crippen molar-refractivity contribution in [2.75, 3.05) is 0 Å². The molecule has 0 saturated heterocycles. The molecule has 0 unspecified atom stereocenters. The van der Waals surface area contributed by atoms with Crippen LogP contribution in [0.4, 0.5) is 0 Å². The molecule has 7 heteroatoms. The van der Waals surface area contributed by atoms with Crippen LogP contribution in [0.15, 0.2) is 76.2 Å². The van der Waals surface area contributed by atoms with Gasteiger partial charge in [-0.05, 0) is 41.8 Å². The third-order valence-corrected chi connectivity index (χ3v) is 4.89. The van der Waals surface area contributed by atoms with Crippen molar-refractivity contribution in [3.8, 4) is 17.1 Å². The van der Waals surface area contributed by atoms with E-state index in [4.69, 9.17) is 27.6 Å². The van der Waals surface area contributed by atoms with Gasteiger partial charge in [-0.2, -0.15) is 5.10 Å². The van der Waals surface area contributed by atoms with Crippen molar-refractivity contribution >= 4 is 46.1 Å². The number of carbonyl (C=O) groups excluding carboxylic acids is 1. The molecule has 0 spiro atoms. The minimum atomic E-state index is -0.533. The molecule has 0 saturated carbocycles. The maximum Gasteiger partial charge on any atom is 0.275 e. The van der Waals surface area contributed by atoms with Crippen molar-refractivity contribution in [3.63, 3.8) is 0 Å². The number of phenols is 1. The number of aromatic hydroxyl groups is 1. The van der Waals surface area contributed by atoms with Crippen LogP contribution in [0.1, 0.15) is 16.1 Å². The van der Waals surface area contributed by atoms with Gasteiger partial charge in [0.25, 0.3) is 5.91 Å². The highest BCUT2D eigenvalue weighted by atomic mass is 35.5. The Bertz CT molecular complexity index is 1250. The van der Waals surface area contributed by atoms with Gasteiger partial charge in [0.1, 0.15) is 17.3 Å². The van der Waals surface area contributed by atoms with Crippen molar-refractivity contribution in [2.45, 2.75) is 0 Å². The first kappa shape index (κ1) is 19.1. The summed E-state index contributed by atoms with van der Waals surface area (Å²) < 4.78 is 5.68. The number of rotatable bonds is 4. The fourth-order valence-corrected chi connectivity index (χ4v) is 3.29. The maximum atomic E-state index is 12.4. The molecule has 2 N–H and O–H groups in total. The molecule has 1 heterocycles. The van der Waals surface area contributed by atoms with Gasteiger partial charge in [0.15, 0.2) is 0 Å². The minimum absolute atomic E-state index is 0.0910. The molecule has 5 nitrogen and oxygen atoms in total. The van der Waals surface area contributed by atoms with E-state index in [-0.39, 0.29) is 11.3 Å². The van der Waals surface area contributed by atoms with E-state index in [0.717, 1.165) is 5.39 Å². The summed E-state index contributed by atoms with van der Waals surface area (Å²) in [4.78, 5) is 12.4. The molecule has 0 atom stereocenters. The molecule has 0 aliphatic carbocycles. The molecule has 29 heavy (non-hydrogen) atoms. The van der Waals surface area contributed by atoms with Crippen molar-refractivity contribution in [1.29, 1.82) is 0 Å². The Morgan fingerprint density at radius 2 is 1.86 bits per heavy atom. The van der Waals surface area contributed by atoms with E-state index in [9.17, 15) is 9.90 Å². The summed E-state index contributed by atoms with van der Waals surface area (Å²) in [5.41, 5.74) is 3.17. The zero-order chi connectivity index (χ0) is 20.4. The lowest BCUT2D eigenvalue weighted by molar-refractivity contribution is 0.0952. The third kappa shape index (κ3) is 3.97. The summed E-state index contributed by atoms with van der Waals surface area (Å²) in [6.45, 7) is 0. The third-order valence-electron chi connectivity index (χ3n) is 4.32. The summed E-state index contributed by atoms with van der Waals surface area (Å²) in [6.07, 6.45) is 1.36. The van der Waals surface area contributed by atoms with Gasteiger partial charge in [-0.3, -0.25) is 4.79 Å². The Morgan fingerprint density at radius 3 is 2.72 bits per heavy atom. The number of nitrogens with one attached hydrogen (secondary N) is 1. The Hall–Kier alpha value is -3.28. The molecule has 0 fully saturated rings. The topological polar surface area (TPSA) is 74.8 Å². The van der Waals surface area contributed by atoms with Gasteiger partial charge in [-0.1, -0.05) is 53.5 Å². The number of hydrogen-bond donors (Lipinski definition) is 2. The molecule has 0 aliphatic heterocycles. The van der Waals surface area contributed by atoms with Crippen LogP contribution in [0.3, 0.4) is 0 Å². The smallest absolute Gasteiger partial charge is 0.275 e. The summed E-state index contributed by atoms with van der Waals surface area (Å²) in [5, 5.41) is 16.7. The van der Waals surface area contributed by atoms with Crippen molar-refractivity contribution < 1.29 is 14.3 Å². The predicted octanol–water partition coefficient (Wildman–Crippen LogP) is 5.88. The van der Waals surface area contributed by atoms with Crippen molar-refractivity contribution in [1.82, 2.24) is 5.43 Å². The monoisotopic (exact) mass is 424 g/mol. The number of halogens is 2. The highest BCUT2D eigenvalue weighted by molar-refractivity contribution is 6.35. The first-order valence-corrected chi connectivity index (χ1v) is 9.38. The van der Waals surface area contributed by atoms with Gasteiger partial charge in [0.05, 0.1) is 16.8 Å². The van der Waals surface area contributed by atoms with E-state index < -0.39 is 5.91 Å². The van der Waals surface area contributed by atoms with Crippen LogP contribution in [0.5, 0.6) is 5.75 Å². The average Bonchev–Trinajstić information content (AvgIpc) is 3.19. The zero-order valence-corrected chi connectivity index (χ0v) is 16.4. The minimum Gasteiger partial charge on any atom is -0.506 e. The fourth-order valence-electron chi connectivity index (χ4n) is 2.91. The predicted molar refractivity (Wildman–Crippen MR) is 115 cm³/mol. The quantitative estimate of drug-likeness (QED) is 0.317. The zero-order valence-electron chi connectivity index (χ0n) is 14.9. The molecule has 0 radical (unpaired) electrons. The van der Waals surface area contributed by atoms with Gasteiger partial charge >= 0.3 is 0 Å². The SMILES string of the molecule is O=C(N/N=C\c1ccc(-c2cc(Cl)ccc2Cl)o1)c1ccc2ccccc2c1O. The van der Waals surface area contributed by atoms with Gasteiger partial charge in [0, 0.05) is 16.0 Å². The number of benzene rings is 3. The van der Waals surface area contributed by atoms with Gasteiger partial charge < -0.3 is 9.52 Å². The Balaban J connectivity index is 1.50. The van der Waals surface area contributed by atoms with Crippen LogP contribution in [0, 0.1) is 0 Å². The van der Waals surface area contributed by atoms with Crippen LogP contribution in [0.25, 0.3) is 22.1 Å². The number of hydrogen-bond acceptors (Lipinski definition) is 4. The first-order valence-electron chi connectivity index (χ1n) is 8.62. The Kier molecular flexibility index (Phi) is 5.25. The van der Waals surface area contributed by atoms with Gasteiger partial charge in [0.2, 0.25) is 0 Å². The Labute approximate surface area is 176 Å². The second kappa shape index (κ2) is 7.99. The number of carbonyl (C=O) groups is 1. The van der Waals surface area contributed by atoms with E-state index in [1.54, 1.807) is 54.6 Å². The van der Waals surface area contributed by atoms with Crippen molar-refractivity contribution in [3.05, 3.63) is 88.1 Å². The summed E-state index contributed by atoms with van der Waals surface area (Å²) >= 11 is 12.2. The van der Waals surface area contributed by atoms with Crippen LogP contribution < -0.4 is 5.43 Å². The lowest BCUT2D eigenvalue weighted by atomic mass is 10.1. The molecule has 0 bridgehead atoms. The molecular formula is C22H14Cl2N2O3. The van der Waals surface area contributed by atoms with Crippen LogP contribution in [-0.2, 0) is 0 Å². The van der Waals surface area contributed by atoms with Crippen LogP contribution in [0.2, 0.25) is 10.0 Å². The average molecular weight is 425 g/mol. The largest absolute Gasteiger partial charge is 0.506 e.